The van der Waals surface area contributed by atoms with Crippen molar-refractivity contribution in [1.82, 2.24) is 9.88 Å². The van der Waals surface area contributed by atoms with Crippen molar-refractivity contribution in [3.8, 4) is 5.75 Å². The van der Waals surface area contributed by atoms with Gasteiger partial charge in [-0.15, -0.1) is 0 Å². The highest BCUT2D eigenvalue weighted by Crippen LogP contribution is 2.35. The Morgan fingerprint density at radius 2 is 2.20 bits per heavy atom. The summed E-state index contributed by atoms with van der Waals surface area (Å²) in [5.41, 5.74) is 2.28. The van der Waals surface area contributed by atoms with E-state index >= 15 is 0 Å². The number of likely N-dealkylation sites (tertiary alicyclic amines) is 1. The van der Waals surface area contributed by atoms with Crippen LogP contribution >= 0.6 is 0 Å². The van der Waals surface area contributed by atoms with E-state index in [0.29, 0.717) is 11.7 Å². The minimum atomic E-state index is 0.387. The van der Waals surface area contributed by atoms with E-state index in [4.69, 9.17) is 0 Å². The van der Waals surface area contributed by atoms with E-state index in [1.165, 1.54) is 5.56 Å². The highest BCUT2D eigenvalue weighted by atomic mass is 16.3. The van der Waals surface area contributed by atoms with Gasteiger partial charge in [-0.2, -0.15) is 0 Å². The molecule has 0 bridgehead atoms. The van der Waals surface area contributed by atoms with Crippen LogP contribution in [0.5, 0.6) is 5.75 Å². The van der Waals surface area contributed by atoms with Gasteiger partial charge >= 0.3 is 0 Å². The average molecular weight is 202 g/mol. The number of rotatable bonds is 1. The SMILES string of the molecule is CN1CC(c2c[nH]c3cccc(O)c23)C1. The Morgan fingerprint density at radius 1 is 1.40 bits per heavy atom. The summed E-state index contributed by atoms with van der Waals surface area (Å²) in [7, 11) is 2.12. The van der Waals surface area contributed by atoms with Gasteiger partial charge in [-0.3, -0.25) is 0 Å². The van der Waals surface area contributed by atoms with E-state index in [1.807, 2.05) is 18.3 Å². The molecule has 0 saturated carbocycles. The van der Waals surface area contributed by atoms with Crippen LogP contribution in [0.1, 0.15) is 11.5 Å². The van der Waals surface area contributed by atoms with E-state index in [1.54, 1.807) is 6.07 Å². The molecule has 0 unspecified atom stereocenters. The van der Waals surface area contributed by atoms with Gasteiger partial charge in [0.05, 0.1) is 0 Å². The Bertz CT molecular complexity index is 497. The molecule has 0 radical (unpaired) electrons. The van der Waals surface area contributed by atoms with Crippen LogP contribution < -0.4 is 0 Å². The van der Waals surface area contributed by atoms with Crippen LogP contribution in [0.25, 0.3) is 10.9 Å². The first kappa shape index (κ1) is 8.80. The Hall–Kier alpha value is -1.48. The van der Waals surface area contributed by atoms with Crippen LogP contribution in [-0.4, -0.2) is 35.1 Å². The van der Waals surface area contributed by atoms with E-state index in [9.17, 15) is 5.11 Å². The monoisotopic (exact) mass is 202 g/mol. The van der Waals surface area contributed by atoms with Gasteiger partial charge in [0.15, 0.2) is 0 Å². The lowest BCUT2D eigenvalue weighted by atomic mass is 9.91. The van der Waals surface area contributed by atoms with Crippen LogP contribution in [0.4, 0.5) is 0 Å². The first-order chi connectivity index (χ1) is 7.25. The highest BCUT2D eigenvalue weighted by molar-refractivity contribution is 5.89. The summed E-state index contributed by atoms with van der Waals surface area (Å²) >= 11 is 0. The Kier molecular flexibility index (Phi) is 1.76. The molecule has 2 N–H and O–H groups in total. The maximum absolute atomic E-state index is 9.84. The van der Waals surface area contributed by atoms with Crippen molar-refractivity contribution in [3.05, 3.63) is 30.0 Å². The smallest absolute Gasteiger partial charge is 0.125 e. The molecule has 1 aromatic carbocycles. The van der Waals surface area contributed by atoms with Gasteiger partial charge in [-0.05, 0) is 24.7 Å². The zero-order chi connectivity index (χ0) is 10.4. The standard InChI is InChI=1S/C12H14N2O/c1-14-6-8(7-14)9-5-13-10-3-2-4-11(15)12(9)10/h2-5,8,13,15H,6-7H2,1H3. The summed E-state index contributed by atoms with van der Waals surface area (Å²) in [6.45, 7) is 2.17. The molecule has 15 heavy (non-hydrogen) atoms. The van der Waals surface area contributed by atoms with Crippen molar-refractivity contribution in [2.45, 2.75) is 5.92 Å². The topological polar surface area (TPSA) is 39.3 Å². The number of nitrogens with one attached hydrogen (secondary N) is 1. The molecule has 3 heteroatoms. The third-order valence-corrected chi connectivity index (χ3v) is 3.22. The Balaban J connectivity index is 2.11. The lowest BCUT2D eigenvalue weighted by molar-refractivity contribution is 0.190. The number of hydrogen-bond donors (Lipinski definition) is 2. The molecule has 0 spiro atoms. The number of likely N-dealkylation sites (N-methyl/N-ethyl adjacent to an activating group) is 1. The molecule has 0 aliphatic carbocycles. The van der Waals surface area contributed by atoms with E-state index in [-0.39, 0.29) is 0 Å². The maximum atomic E-state index is 9.84. The van der Waals surface area contributed by atoms with E-state index < -0.39 is 0 Å². The molecule has 0 atom stereocenters. The zero-order valence-corrected chi connectivity index (χ0v) is 8.70. The fourth-order valence-electron chi connectivity index (χ4n) is 2.41. The van der Waals surface area contributed by atoms with Crippen molar-refractivity contribution < 1.29 is 5.11 Å². The fraction of sp³-hybridized carbons (Fsp3) is 0.333. The number of aromatic nitrogens is 1. The van der Waals surface area contributed by atoms with Gasteiger partial charge in [0.25, 0.3) is 0 Å². The molecule has 2 aromatic rings. The molecule has 1 saturated heterocycles. The molecule has 0 amide bonds. The number of nitrogens with zero attached hydrogens (tertiary/aromatic N) is 1. The summed E-state index contributed by atoms with van der Waals surface area (Å²) in [5.74, 6) is 0.954. The molecule has 1 aliphatic rings. The summed E-state index contributed by atoms with van der Waals surface area (Å²) in [4.78, 5) is 5.50. The van der Waals surface area contributed by atoms with Crippen LogP contribution in [0, 0.1) is 0 Å². The number of aromatic hydroxyl groups is 1. The van der Waals surface area contributed by atoms with Gasteiger partial charge < -0.3 is 15.0 Å². The van der Waals surface area contributed by atoms with Gasteiger partial charge in [0.1, 0.15) is 5.75 Å². The summed E-state index contributed by atoms with van der Waals surface area (Å²) in [6.07, 6.45) is 2.03. The van der Waals surface area contributed by atoms with Crippen molar-refractivity contribution in [3.63, 3.8) is 0 Å². The average Bonchev–Trinajstić information content (AvgIpc) is 2.58. The Labute approximate surface area is 88.3 Å². The zero-order valence-electron chi connectivity index (χ0n) is 8.70. The third kappa shape index (κ3) is 1.23. The van der Waals surface area contributed by atoms with Gasteiger partial charge in [0.2, 0.25) is 0 Å². The number of fused-ring (bicyclic) bond motifs is 1. The van der Waals surface area contributed by atoms with E-state index in [2.05, 4.69) is 16.9 Å². The minimum Gasteiger partial charge on any atom is -0.507 e. The van der Waals surface area contributed by atoms with Gasteiger partial charge in [0, 0.05) is 36.1 Å². The maximum Gasteiger partial charge on any atom is 0.125 e. The third-order valence-electron chi connectivity index (χ3n) is 3.22. The summed E-state index contributed by atoms with van der Waals surface area (Å²) in [6, 6.07) is 5.62. The van der Waals surface area contributed by atoms with Gasteiger partial charge in [-0.1, -0.05) is 6.07 Å². The number of benzene rings is 1. The van der Waals surface area contributed by atoms with Crippen LogP contribution in [0.15, 0.2) is 24.4 Å². The number of hydrogen-bond acceptors (Lipinski definition) is 2. The number of aromatic amines is 1. The largest absolute Gasteiger partial charge is 0.507 e. The van der Waals surface area contributed by atoms with E-state index in [0.717, 1.165) is 24.0 Å². The molecule has 1 aliphatic heterocycles. The normalized spacial score (nSPS) is 18.2. The molecule has 1 aromatic heterocycles. The minimum absolute atomic E-state index is 0.387. The van der Waals surface area contributed by atoms with Crippen molar-refractivity contribution in [1.29, 1.82) is 0 Å². The quantitative estimate of drug-likeness (QED) is 0.741. The fourth-order valence-corrected chi connectivity index (χ4v) is 2.41. The second-order valence-corrected chi connectivity index (χ2v) is 4.36. The first-order valence-electron chi connectivity index (χ1n) is 5.23. The van der Waals surface area contributed by atoms with Crippen LogP contribution in [0.2, 0.25) is 0 Å². The molecule has 3 rings (SSSR count). The molecule has 78 valence electrons. The highest BCUT2D eigenvalue weighted by Gasteiger charge is 2.27. The van der Waals surface area contributed by atoms with Crippen molar-refractivity contribution >= 4 is 10.9 Å². The van der Waals surface area contributed by atoms with Gasteiger partial charge in [-0.25, -0.2) is 0 Å². The summed E-state index contributed by atoms with van der Waals surface area (Å²) < 4.78 is 0. The van der Waals surface area contributed by atoms with Crippen LogP contribution in [0.3, 0.4) is 0 Å². The number of phenolic OH excluding ortho intramolecular Hbond substituents is 1. The van der Waals surface area contributed by atoms with Crippen LogP contribution in [-0.2, 0) is 0 Å². The van der Waals surface area contributed by atoms with Crippen molar-refractivity contribution in [2.75, 3.05) is 20.1 Å². The lowest BCUT2D eigenvalue weighted by Crippen LogP contribution is -2.41. The molecule has 2 heterocycles. The second-order valence-electron chi connectivity index (χ2n) is 4.36. The van der Waals surface area contributed by atoms with Crippen molar-refractivity contribution in [2.24, 2.45) is 0 Å². The predicted octanol–water partition coefficient (Wildman–Crippen LogP) is 1.90. The first-order valence-corrected chi connectivity index (χ1v) is 5.23. The molecular formula is C12H14N2O. The Morgan fingerprint density at radius 3 is 2.93 bits per heavy atom. The number of H-pyrrole nitrogens is 1. The predicted molar refractivity (Wildman–Crippen MR) is 60.2 cm³/mol. The molecule has 3 nitrogen and oxygen atoms in total. The number of phenols is 1. The molecule has 1 fully saturated rings. The summed E-state index contributed by atoms with van der Waals surface area (Å²) in [5, 5.41) is 10.8. The second kappa shape index (κ2) is 3.00. The lowest BCUT2D eigenvalue weighted by Gasteiger charge is -2.36. The molecular weight excluding hydrogens is 188 g/mol.